The van der Waals surface area contributed by atoms with E-state index in [4.69, 9.17) is 28.6 Å². The Labute approximate surface area is 162 Å². The van der Waals surface area contributed by atoms with Gasteiger partial charge in [0, 0.05) is 23.7 Å². The molecule has 26 heavy (non-hydrogen) atoms. The van der Waals surface area contributed by atoms with Crippen molar-refractivity contribution in [3.05, 3.63) is 34.9 Å². The van der Waals surface area contributed by atoms with Crippen LogP contribution in [0.15, 0.2) is 24.3 Å². The van der Waals surface area contributed by atoms with E-state index in [2.05, 4.69) is 10.6 Å². The Bertz CT molecular complexity index is 696. The van der Waals surface area contributed by atoms with Crippen LogP contribution in [0.25, 0.3) is 0 Å². The summed E-state index contributed by atoms with van der Waals surface area (Å²) in [5.74, 6) is -1.22. The molecule has 2 N–H and O–H groups in total. The number of carbonyl (C=O) groups is 3. The van der Waals surface area contributed by atoms with E-state index in [9.17, 15) is 14.4 Å². The maximum Gasteiger partial charge on any atom is 0.308 e. The third-order valence-electron chi connectivity index (χ3n) is 3.75. The van der Waals surface area contributed by atoms with Crippen LogP contribution in [0.4, 0.5) is 0 Å². The fourth-order valence-corrected chi connectivity index (χ4v) is 2.87. The number of amides is 2. The SMILES string of the molecule is CCCOC(=O)CC1C(=O)NCCN1C(=S)NC(=O)c1ccc(Cl)cc1. The average molecular weight is 398 g/mol. The Morgan fingerprint density at radius 1 is 1.38 bits per heavy atom. The molecule has 1 aromatic rings. The van der Waals surface area contributed by atoms with E-state index in [-0.39, 0.29) is 17.4 Å². The quantitative estimate of drug-likeness (QED) is 0.578. The smallest absolute Gasteiger partial charge is 0.308 e. The molecule has 0 radical (unpaired) electrons. The summed E-state index contributed by atoms with van der Waals surface area (Å²) in [4.78, 5) is 37.9. The zero-order valence-corrected chi connectivity index (χ0v) is 15.9. The van der Waals surface area contributed by atoms with E-state index in [0.29, 0.717) is 36.7 Å². The third kappa shape index (κ3) is 5.40. The molecule has 2 rings (SSSR count). The Hall–Kier alpha value is -2.19. The predicted octanol–water partition coefficient (Wildman–Crippen LogP) is 1.50. The topological polar surface area (TPSA) is 87.7 Å². The molecule has 0 aromatic heterocycles. The summed E-state index contributed by atoms with van der Waals surface area (Å²) in [6.07, 6.45) is 0.560. The van der Waals surface area contributed by atoms with Crippen LogP contribution in [0.2, 0.25) is 5.02 Å². The minimum Gasteiger partial charge on any atom is -0.466 e. The Morgan fingerprint density at radius 2 is 2.08 bits per heavy atom. The van der Waals surface area contributed by atoms with Crippen LogP contribution in [0.3, 0.4) is 0 Å². The molecule has 7 nitrogen and oxygen atoms in total. The predicted molar refractivity (Wildman–Crippen MR) is 101 cm³/mol. The van der Waals surface area contributed by atoms with E-state index in [1.165, 1.54) is 4.90 Å². The largest absolute Gasteiger partial charge is 0.466 e. The minimum atomic E-state index is -0.814. The molecule has 0 spiro atoms. The molecule has 1 unspecified atom stereocenters. The van der Waals surface area contributed by atoms with Gasteiger partial charge in [0.05, 0.1) is 13.0 Å². The highest BCUT2D eigenvalue weighted by atomic mass is 35.5. The van der Waals surface area contributed by atoms with Gasteiger partial charge in [-0.05, 0) is 42.9 Å². The number of nitrogens with one attached hydrogen (secondary N) is 2. The van der Waals surface area contributed by atoms with Crippen LogP contribution in [-0.4, -0.2) is 53.5 Å². The first-order valence-electron chi connectivity index (χ1n) is 8.23. The van der Waals surface area contributed by atoms with Crippen molar-refractivity contribution >= 4 is 46.7 Å². The molecule has 1 aromatic carbocycles. The Morgan fingerprint density at radius 3 is 2.73 bits per heavy atom. The Balaban J connectivity index is 2.03. The number of carbonyl (C=O) groups excluding carboxylic acids is 3. The first-order chi connectivity index (χ1) is 12.4. The lowest BCUT2D eigenvalue weighted by Crippen LogP contribution is -2.60. The van der Waals surface area contributed by atoms with Gasteiger partial charge < -0.3 is 15.0 Å². The van der Waals surface area contributed by atoms with Crippen molar-refractivity contribution in [2.24, 2.45) is 0 Å². The molecule has 1 heterocycles. The monoisotopic (exact) mass is 397 g/mol. The minimum absolute atomic E-state index is 0.0908. The van der Waals surface area contributed by atoms with Gasteiger partial charge in [-0.25, -0.2) is 0 Å². The summed E-state index contributed by atoms with van der Waals surface area (Å²) >= 11 is 11.1. The molecule has 140 valence electrons. The molecule has 1 fully saturated rings. The van der Waals surface area contributed by atoms with Gasteiger partial charge in [-0.2, -0.15) is 0 Å². The summed E-state index contributed by atoms with van der Waals surface area (Å²) < 4.78 is 5.04. The van der Waals surface area contributed by atoms with Gasteiger partial charge in [-0.1, -0.05) is 18.5 Å². The number of esters is 1. The van der Waals surface area contributed by atoms with Crippen LogP contribution in [-0.2, 0) is 14.3 Å². The molecular formula is C17H20ClN3O4S. The number of nitrogens with zero attached hydrogens (tertiary/aromatic N) is 1. The van der Waals surface area contributed by atoms with Crippen LogP contribution in [0, 0.1) is 0 Å². The van der Waals surface area contributed by atoms with Crippen LogP contribution < -0.4 is 10.6 Å². The molecule has 0 saturated carbocycles. The van der Waals surface area contributed by atoms with Crippen molar-refractivity contribution in [3.8, 4) is 0 Å². The third-order valence-corrected chi connectivity index (χ3v) is 4.33. The molecule has 1 aliphatic rings. The van der Waals surface area contributed by atoms with Crippen LogP contribution in [0.1, 0.15) is 30.1 Å². The van der Waals surface area contributed by atoms with Crippen molar-refractivity contribution in [1.29, 1.82) is 0 Å². The van der Waals surface area contributed by atoms with Crippen molar-refractivity contribution < 1.29 is 19.1 Å². The summed E-state index contributed by atoms with van der Waals surface area (Å²) in [6.45, 7) is 2.94. The maximum atomic E-state index is 12.3. The number of halogens is 1. The average Bonchev–Trinajstić information content (AvgIpc) is 2.62. The number of ether oxygens (including phenoxy) is 1. The second kappa shape index (κ2) is 9.49. The highest BCUT2D eigenvalue weighted by Gasteiger charge is 2.34. The van der Waals surface area contributed by atoms with E-state index in [0.717, 1.165) is 0 Å². The van der Waals surface area contributed by atoms with Gasteiger partial charge in [0.25, 0.3) is 5.91 Å². The molecule has 2 amide bonds. The molecule has 9 heteroatoms. The maximum absolute atomic E-state index is 12.3. The number of thiocarbonyl (C=S) groups is 1. The molecule has 1 atom stereocenters. The fraction of sp³-hybridized carbons (Fsp3) is 0.412. The van der Waals surface area contributed by atoms with Crippen molar-refractivity contribution in [2.45, 2.75) is 25.8 Å². The van der Waals surface area contributed by atoms with Gasteiger partial charge in [0.1, 0.15) is 6.04 Å². The summed E-state index contributed by atoms with van der Waals surface area (Å²) in [5, 5.41) is 5.90. The summed E-state index contributed by atoms with van der Waals surface area (Å²) in [6, 6.07) is 5.53. The first kappa shape index (κ1) is 20.1. The standard InChI is InChI=1S/C17H20ClN3O4S/c1-2-9-25-14(22)10-13-16(24)19-7-8-21(13)17(26)20-15(23)11-3-5-12(18)6-4-11/h3-6,13H,2,7-10H2,1H3,(H,19,24)(H,20,23,26). The van der Waals surface area contributed by atoms with Crippen LogP contribution in [0.5, 0.6) is 0 Å². The number of hydrogen-bond donors (Lipinski definition) is 2. The van der Waals surface area contributed by atoms with Gasteiger partial charge in [0.2, 0.25) is 5.91 Å². The lowest BCUT2D eigenvalue weighted by Gasteiger charge is -2.36. The lowest BCUT2D eigenvalue weighted by molar-refractivity contribution is -0.147. The van der Waals surface area contributed by atoms with Gasteiger partial charge >= 0.3 is 5.97 Å². The van der Waals surface area contributed by atoms with E-state index < -0.39 is 17.9 Å². The number of rotatable bonds is 5. The van der Waals surface area contributed by atoms with Crippen molar-refractivity contribution in [1.82, 2.24) is 15.5 Å². The molecule has 0 aliphatic carbocycles. The normalized spacial score (nSPS) is 16.6. The zero-order chi connectivity index (χ0) is 19.1. The second-order valence-corrected chi connectivity index (χ2v) is 6.51. The van der Waals surface area contributed by atoms with Gasteiger partial charge in [-0.15, -0.1) is 0 Å². The highest BCUT2D eigenvalue weighted by Crippen LogP contribution is 2.12. The molecule has 1 saturated heterocycles. The van der Waals surface area contributed by atoms with E-state index in [1.807, 2.05) is 6.92 Å². The zero-order valence-electron chi connectivity index (χ0n) is 14.3. The molecule has 1 aliphatic heterocycles. The van der Waals surface area contributed by atoms with Crippen molar-refractivity contribution in [2.75, 3.05) is 19.7 Å². The Kier molecular flexibility index (Phi) is 7.35. The van der Waals surface area contributed by atoms with E-state index >= 15 is 0 Å². The summed E-state index contributed by atoms with van der Waals surface area (Å²) in [7, 11) is 0. The van der Waals surface area contributed by atoms with Gasteiger partial charge in [0.15, 0.2) is 5.11 Å². The highest BCUT2D eigenvalue weighted by molar-refractivity contribution is 7.80. The number of hydrogen-bond acceptors (Lipinski definition) is 5. The number of benzene rings is 1. The first-order valence-corrected chi connectivity index (χ1v) is 9.02. The van der Waals surface area contributed by atoms with E-state index in [1.54, 1.807) is 24.3 Å². The second-order valence-electron chi connectivity index (χ2n) is 5.69. The lowest BCUT2D eigenvalue weighted by atomic mass is 10.1. The van der Waals surface area contributed by atoms with Gasteiger partial charge in [-0.3, -0.25) is 19.7 Å². The fourth-order valence-electron chi connectivity index (χ4n) is 2.44. The number of piperazine rings is 1. The molecular weight excluding hydrogens is 378 g/mol. The van der Waals surface area contributed by atoms with Crippen molar-refractivity contribution in [3.63, 3.8) is 0 Å². The van der Waals surface area contributed by atoms with Crippen LogP contribution >= 0.6 is 23.8 Å². The summed E-state index contributed by atoms with van der Waals surface area (Å²) in [5.41, 5.74) is 0.386. The molecule has 0 bridgehead atoms.